The first-order valence-electron chi connectivity index (χ1n) is 10.2. The Morgan fingerprint density at radius 3 is 2.57 bits per heavy atom. The van der Waals surface area contributed by atoms with Crippen LogP contribution in [0.25, 0.3) is 0 Å². The highest BCUT2D eigenvalue weighted by Crippen LogP contribution is 2.23. The van der Waals surface area contributed by atoms with Crippen molar-refractivity contribution >= 4 is 5.96 Å². The lowest BCUT2D eigenvalue weighted by Crippen LogP contribution is -2.42. The number of likely N-dealkylation sites (tertiary alicyclic amines) is 1. The average molecular weight is 403 g/mol. The number of halogens is 3. The van der Waals surface area contributed by atoms with Crippen molar-refractivity contribution in [3.8, 4) is 0 Å². The molecular weight excluding hydrogens is 369 g/mol. The van der Waals surface area contributed by atoms with Gasteiger partial charge in [0.05, 0.1) is 12.8 Å². The fraction of sp³-hybridized carbons (Fsp3) is 0.750. The summed E-state index contributed by atoms with van der Waals surface area (Å²) in [7, 11) is 0. The van der Waals surface area contributed by atoms with E-state index in [1.54, 1.807) is 6.26 Å². The van der Waals surface area contributed by atoms with Gasteiger partial charge in [-0.2, -0.15) is 13.2 Å². The molecule has 0 aromatic carbocycles. The van der Waals surface area contributed by atoms with Crippen molar-refractivity contribution in [2.45, 2.75) is 45.7 Å². The summed E-state index contributed by atoms with van der Waals surface area (Å²) in [5.41, 5.74) is 0. The number of alkyl halides is 3. The molecule has 0 aliphatic carbocycles. The predicted molar refractivity (Wildman–Crippen MR) is 105 cm³/mol. The van der Waals surface area contributed by atoms with Crippen LogP contribution in [0.2, 0.25) is 0 Å². The number of furan rings is 1. The minimum Gasteiger partial charge on any atom is -0.469 e. The van der Waals surface area contributed by atoms with Crippen LogP contribution in [0.15, 0.2) is 27.8 Å². The normalized spacial score (nSPS) is 17.3. The molecule has 28 heavy (non-hydrogen) atoms. The molecule has 1 aliphatic heterocycles. The maximum Gasteiger partial charge on any atom is 0.401 e. The molecule has 5 nitrogen and oxygen atoms in total. The predicted octanol–water partition coefficient (Wildman–Crippen LogP) is 3.68. The van der Waals surface area contributed by atoms with Crippen molar-refractivity contribution in [3.63, 3.8) is 0 Å². The second-order valence-corrected chi connectivity index (χ2v) is 7.89. The molecule has 1 aromatic rings. The summed E-state index contributed by atoms with van der Waals surface area (Å²) in [5.74, 6) is 2.66. The quantitative estimate of drug-likeness (QED) is 0.489. The van der Waals surface area contributed by atoms with Gasteiger partial charge in [0.2, 0.25) is 0 Å². The molecule has 0 radical (unpaired) electrons. The van der Waals surface area contributed by atoms with E-state index in [0.29, 0.717) is 24.9 Å². The van der Waals surface area contributed by atoms with E-state index >= 15 is 0 Å². The van der Waals surface area contributed by atoms with E-state index < -0.39 is 12.7 Å². The van der Waals surface area contributed by atoms with Gasteiger partial charge in [0.1, 0.15) is 5.76 Å². The Kier molecular flexibility index (Phi) is 9.15. The molecule has 2 heterocycles. The van der Waals surface area contributed by atoms with Crippen LogP contribution in [0.4, 0.5) is 13.2 Å². The zero-order chi connectivity index (χ0) is 20.4. The Hall–Kier alpha value is -1.70. The highest BCUT2D eigenvalue weighted by Gasteiger charge is 2.32. The fourth-order valence-electron chi connectivity index (χ4n) is 3.29. The summed E-state index contributed by atoms with van der Waals surface area (Å²) in [6, 6.07) is 3.83. The van der Waals surface area contributed by atoms with E-state index in [4.69, 9.17) is 4.42 Å². The molecule has 0 unspecified atom stereocenters. The van der Waals surface area contributed by atoms with E-state index in [1.807, 2.05) is 12.1 Å². The first kappa shape index (κ1) is 22.6. The van der Waals surface area contributed by atoms with Gasteiger partial charge in [-0.15, -0.1) is 0 Å². The molecule has 0 saturated carbocycles. The van der Waals surface area contributed by atoms with Gasteiger partial charge in [0.25, 0.3) is 0 Å². The molecule has 2 rings (SSSR count). The number of hydrogen-bond donors (Lipinski definition) is 2. The fourth-order valence-corrected chi connectivity index (χ4v) is 3.29. The Morgan fingerprint density at radius 1 is 1.25 bits per heavy atom. The van der Waals surface area contributed by atoms with Crippen LogP contribution >= 0.6 is 0 Å². The van der Waals surface area contributed by atoms with Gasteiger partial charge in [-0.25, -0.2) is 0 Å². The summed E-state index contributed by atoms with van der Waals surface area (Å²) in [5, 5.41) is 6.70. The number of nitrogens with zero attached hydrogens (tertiary/aromatic N) is 2. The van der Waals surface area contributed by atoms with Crippen LogP contribution < -0.4 is 10.6 Å². The average Bonchev–Trinajstić information content (AvgIpc) is 3.12. The van der Waals surface area contributed by atoms with Crippen molar-refractivity contribution in [2.75, 3.05) is 39.3 Å². The highest BCUT2D eigenvalue weighted by molar-refractivity contribution is 5.79. The molecule has 2 N–H and O–H groups in total. The molecule has 0 atom stereocenters. The van der Waals surface area contributed by atoms with Crippen molar-refractivity contribution < 1.29 is 17.6 Å². The molecular formula is C20H33F3N4O. The zero-order valence-corrected chi connectivity index (χ0v) is 16.9. The van der Waals surface area contributed by atoms with Gasteiger partial charge >= 0.3 is 6.18 Å². The second kappa shape index (κ2) is 11.3. The molecule has 1 saturated heterocycles. The molecule has 0 amide bonds. The Balaban J connectivity index is 1.68. The number of hydrogen-bond acceptors (Lipinski definition) is 3. The van der Waals surface area contributed by atoms with Gasteiger partial charge in [-0.1, -0.05) is 13.8 Å². The topological polar surface area (TPSA) is 52.8 Å². The molecule has 0 bridgehead atoms. The lowest BCUT2D eigenvalue weighted by molar-refractivity contribution is -0.148. The monoisotopic (exact) mass is 402 g/mol. The largest absolute Gasteiger partial charge is 0.469 e. The van der Waals surface area contributed by atoms with E-state index in [2.05, 4.69) is 29.5 Å². The number of piperidine rings is 1. The molecule has 8 heteroatoms. The van der Waals surface area contributed by atoms with Gasteiger partial charge in [-0.05, 0) is 56.3 Å². The summed E-state index contributed by atoms with van der Waals surface area (Å²) >= 11 is 0. The third kappa shape index (κ3) is 9.48. The highest BCUT2D eigenvalue weighted by atomic mass is 19.4. The Labute approximate surface area is 165 Å². The summed E-state index contributed by atoms with van der Waals surface area (Å²) < 4.78 is 42.8. The van der Waals surface area contributed by atoms with Crippen molar-refractivity contribution in [3.05, 3.63) is 24.2 Å². The van der Waals surface area contributed by atoms with E-state index in [1.165, 1.54) is 4.90 Å². The summed E-state index contributed by atoms with van der Waals surface area (Å²) in [4.78, 5) is 6.12. The lowest BCUT2D eigenvalue weighted by Gasteiger charge is -2.32. The third-order valence-corrected chi connectivity index (χ3v) is 4.81. The first-order chi connectivity index (χ1) is 13.3. The van der Waals surface area contributed by atoms with E-state index in [-0.39, 0.29) is 0 Å². The molecule has 160 valence electrons. The van der Waals surface area contributed by atoms with Gasteiger partial charge < -0.3 is 15.1 Å². The Morgan fingerprint density at radius 2 is 1.96 bits per heavy atom. The van der Waals surface area contributed by atoms with Crippen LogP contribution in [-0.2, 0) is 6.42 Å². The first-order valence-corrected chi connectivity index (χ1v) is 10.2. The standard InChI is InChI=1S/C20H33F3N4O/c1-16(2)14-26-19(25-10-6-18-4-3-13-28-18)24-9-5-17-7-11-27(12-8-17)15-20(21,22)23/h3-4,13,16-17H,5-12,14-15H2,1-2H3,(H2,24,25,26). The van der Waals surface area contributed by atoms with Crippen LogP contribution in [-0.4, -0.2) is 56.3 Å². The van der Waals surface area contributed by atoms with E-state index in [0.717, 1.165) is 57.0 Å². The number of aliphatic imine (C=N–C) groups is 1. The zero-order valence-electron chi connectivity index (χ0n) is 16.9. The van der Waals surface area contributed by atoms with Gasteiger partial charge in [0.15, 0.2) is 5.96 Å². The Bertz CT molecular complexity index is 565. The maximum atomic E-state index is 12.5. The van der Waals surface area contributed by atoms with Gasteiger partial charge in [-0.3, -0.25) is 9.89 Å². The van der Waals surface area contributed by atoms with Crippen molar-refractivity contribution in [1.82, 2.24) is 15.5 Å². The van der Waals surface area contributed by atoms with Crippen molar-refractivity contribution in [2.24, 2.45) is 16.8 Å². The second-order valence-electron chi connectivity index (χ2n) is 7.89. The number of guanidine groups is 1. The lowest BCUT2D eigenvalue weighted by atomic mass is 9.93. The SMILES string of the molecule is CC(C)CN=C(NCCc1ccco1)NCCC1CCN(CC(F)(F)F)CC1. The van der Waals surface area contributed by atoms with Crippen LogP contribution in [0.1, 0.15) is 38.9 Å². The minimum atomic E-state index is -4.10. The molecule has 1 fully saturated rings. The summed E-state index contributed by atoms with van der Waals surface area (Å²) in [6.45, 7) is 6.76. The van der Waals surface area contributed by atoms with E-state index in [9.17, 15) is 13.2 Å². The van der Waals surface area contributed by atoms with Crippen LogP contribution in [0, 0.1) is 11.8 Å². The van der Waals surface area contributed by atoms with Crippen molar-refractivity contribution in [1.29, 1.82) is 0 Å². The molecule has 1 aromatic heterocycles. The molecule has 0 spiro atoms. The number of nitrogens with one attached hydrogen (secondary N) is 2. The number of rotatable bonds is 9. The van der Waals surface area contributed by atoms with Crippen LogP contribution in [0.5, 0.6) is 0 Å². The smallest absolute Gasteiger partial charge is 0.401 e. The maximum absolute atomic E-state index is 12.5. The third-order valence-electron chi connectivity index (χ3n) is 4.81. The van der Waals surface area contributed by atoms with Crippen LogP contribution in [0.3, 0.4) is 0 Å². The minimum absolute atomic E-state index is 0.464. The van der Waals surface area contributed by atoms with Gasteiger partial charge in [0, 0.05) is 26.1 Å². The summed E-state index contributed by atoms with van der Waals surface area (Å²) in [6.07, 6.45) is 0.941. The molecule has 1 aliphatic rings.